The highest BCUT2D eigenvalue weighted by Gasteiger charge is 2.53. The molecule has 25 heavy (non-hydrogen) atoms. The molecule has 3 atom stereocenters. The van der Waals surface area contributed by atoms with Crippen LogP contribution in [0.25, 0.3) is 0 Å². The predicted molar refractivity (Wildman–Crippen MR) is 100.0 cm³/mol. The number of carbonyl (C=O) groups is 2. The van der Waals surface area contributed by atoms with E-state index in [2.05, 4.69) is 0 Å². The highest BCUT2D eigenvalue weighted by molar-refractivity contribution is 14.1. The number of halogens is 2. The van der Waals surface area contributed by atoms with Gasteiger partial charge in [0.2, 0.25) is 0 Å². The Kier molecular flexibility index (Phi) is 4.72. The van der Waals surface area contributed by atoms with Crippen molar-refractivity contribution in [1.29, 1.82) is 0 Å². The summed E-state index contributed by atoms with van der Waals surface area (Å²) >= 11 is 1.86. The van der Waals surface area contributed by atoms with Crippen LogP contribution in [0.2, 0.25) is 0 Å². The van der Waals surface area contributed by atoms with Crippen molar-refractivity contribution in [2.45, 2.75) is 26.8 Å². The van der Waals surface area contributed by atoms with E-state index in [1.165, 1.54) is 11.0 Å². The van der Waals surface area contributed by atoms with Gasteiger partial charge in [-0.1, -0.05) is 26.8 Å². The monoisotopic (exact) mass is 460 g/mol. The highest BCUT2D eigenvalue weighted by Crippen LogP contribution is 2.44. The van der Waals surface area contributed by atoms with E-state index in [-0.39, 0.29) is 29.2 Å². The zero-order valence-electron chi connectivity index (χ0n) is 14.5. The normalized spacial score (nSPS) is 26.0. The fourth-order valence-electron chi connectivity index (χ4n) is 4.36. The third kappa shape index (κ3) is 3.22. The second-order valence-corrected chi connectivity index (χ2v) is 9.06. The van der Waals surface area contributed by atoms with Gasteiger partial charge in [0.1, 0.15) is 5.82 Å². The van der Waals surface area contributed by atoms with Gasteiger partial charge in [0.25, 0.3) is 5.91 Å². The number of nitrogens with zero attached hydrogens (tertiary/aromatic N) is 2. The molecule has 2 saturated heterocycles. The fourth-order valence-corrected chi connectivity index (χ4v) is 4.95. The lowest BCUT2D eigenvalue weighted by atomic mass is 9.78. The quantitative estimate of drug-likeness (QED) is 0.653. The van der Waals surface area contributed by atoms with Crippen molar-refractivity contribution in [2.75, 3.05) is 19.6 Å². The lowest BCUT2D eigenvalue weighted by molar-refractivity contribution is 0.0696. The molecule has 0 saturated carbocycles. The zero-order valence-corrected chi connectivity index (χ0v) is 16.7. The van der Waals surface area contributed by atoms with Gasteiger partial charge in [0.15, 0.2) is 0 Å². The van der Waals surface area contributed by atoms with Gasteiger partial charge in [-0.05, 0) is 40.1 Å². The number of carbonyl (C=O) groups excluding carboxylic acids is 1. The van der Waals surface area contributed by atoms with Crippen LogP contribution < -0.4 is 0 Å². The van der Waals surface area contributed by atoms with Crippen LogP contribution in [0.3, 0.4) is 0 Å². The zero-order chi connectivity index (χ0) is 18.5. The van der Waals surface area contributed by atoms with Crippen LogP contribution in [0.1, 0.15) is 31.1 Å². The van der Waals surface area contributed by atoms with Gasteiger partial charge in [0.05, 0.1) is 9.13 Å². The van der Waals surface area contributed by atoms with E-state index in [4.69, 9.17) is 0 Å². The Morgan fingerprint density at radius 1 is 1.24 bits per heavy atom. The molecule has 1 aromatic rings. The maximum absolute atomic E-state index is 13.8. The first kappa shape index (κ1) is 18.4. The van der Waals surface area contributed by atoms with E-state index in [1.54, 1.807) is 17.0 Å². The molecular formula is C18H22FIN2O3. The number of hydrogen-bond acceptors (Lipinski definition) is 2. The van der Waals surface area contributed by atoms with E-state index in [0.717, 1.165) is 0 Å². The molecular weight excluding hydrogens is 438 g/mol. The van der Waals surface area contributed by atoms with Crippen LogP contribution in [0.5, 0.6) is 0 Å². The molecule has 1 aromatic carbocycles. The van der Waals surface area contributed by atoms with E-state index in [1.807, 2.05) is 43.4 Å². The molecule has 3 unspecified atom stereocenters. The summed E-state index contributed by atoms with van der Waals surface area (Å²) in [5.74, 6) is -0.315. The maximum atomic E-state index is 13.8. The second-order valence-electron chi connectivity index (χ2n) is 7.98. The van der Waals surface area contributed by atoms with Crippen molar-refractivity contribution in [1.82, 2.24) is 9.80 Å². The third-order valence-corrected chi connectivity index (χ3v) is 6.36. The molecule has 0 radical (unpaired) electrons. The van der Waals surface area contributed by atoms with Gasteiger partial charge < -0.3 is 14.9 Å². The average Bonchev–Trinajstić information content (AvgIpc) is 3.05. The Morgan fingerprint density at radius 3 is 2.52 bits per heavy atom. The first-order valence-corrected chi connectivity index (χ1v) is 9.42. The standard InChI is InChI=1S/C18H22FIN2O3/c1-18(2,3)15-12-9-21(7-10(12)8-22(15)17(24)25)16(23)11-5-4-6-13(19)14(11)20/h4-6,10,12,15H,7-9H2,1-3H3,(H,24,25). The lowest BCUT2D eigenvalue weighted by Gasteiger charge is -2.37. The number of amides is 2. The maximum Gasteiger partial charge on any atom is 0.407 e. The molecule has 0 spiro atoms. The number of hydrogen-bond donors (Lipinski definition) is 1. The number of likely N-dealkylation sites (tertiary alicyclic amines) is 2. The summed E-state index contributed by atoms with van der Waals surface area (Å²) < 4.78 is 14.1. The Labute approximate surface area is 160 Å². The molecule has 0 bridgehead atoms. The Balaban J connectivity index is 1.83. The summed E-state index contributed by atoms with van der Waals surface area (Å²) in [5, 5.41) is 9.52. The molecule has 5 nitrogen and oxygen atoms in total. The van der Waals surface area contributed by atoms with Gasteiger partial charge in [-0.25, -0.2) is 9.18 Å². The molecule has 2 amide bonds. The van der Waals surface area contributed by atoms with Crippen molar-refractivity contribution in [2.24, 2.45) is 17.3 Å². The number of benzene rings is 1. The molecule has 0 aliphatic carbocycles. The first-order valence-electron chi connectivity index (χ1n) is 8.34. The van der Waals surface area contributed by atoms with E-state index >= 15 is 0 Å². The van der Waals surface area contributed by atoms with E-state index < -0.39 is 11.9 Å². The topological polar surface area (TPSA) is 60.9 Å². The summed E-state index contributed by atoms with van der Waals surface area (Å²) in [4.78, 5) is 27.7. The van der Waals surface area contributed by atoms with E-state index in [0.29, 0.717) is 28.8 Å². The minimum Gasteiger partial charge on any atom is -0.465 e. The lowest BCUT2D eigenvalue weighted by Crippen LogP contribution is -2.47. The third-order valence-electron chi connectivity index (χ3n) is 5.27. The molecule has 2 heterocycles. The fraction of sp³-hybridized carbons (Fsp3) is 0.556. The van der Waals surface area contributed by atoms with Gasteiger partial charge in [0, 0.05) is 37.5 Å². The first-order chi connectivity index (χ1) is 11.6. The highest BCUT2D eigenvalue weighted by atomic mass is 127. The SMILES string of the molecule is CC(C)(C)C1C2CN(C(=O)c3cccc(F)c3I)CC2CN1C(=O)O. The van der Waals surface area contributed by atoms with Crippen molar-refractivity contribution in [3.8, 4) is 0 Å². The minimum atomic E-state index is -0.896. The van der Waals surface area contributed by atoms with Gasteiger partial charge in [-0.15, -0.1) is 0 Å². The van der Waals surface area contributed by atoms with Crippen LogP contribution >= 0.6 is 22.6 Å². The van der Waals surface area contributed by atoms with Crippen molar-refractivity contribution < 1.29 is 19.1 Å². The number of rotatable bonds is 1. The summed E-state index contributed by atoms with van der Waals surface area (Å²) in [6.45, 7) is 7.60. The van der Waals surface area contributed by atoms with Crippen molar-refractivity contribution in [3.63, 3.8) is 0 Å². The molecule has 0 aromatic heterocycles. The molecule has 2 aliphatic rings. The van der Waals surface area contributed by atoms with Gasteiger partial charge in [-0.3, -0.25) is 4.79 Å². The van der Waals surface area contributed by atoms with Crippen molar-refractivity contribution >= 4 is 34.6 Å². The van der Waals surface area contributed by atoms with Crippen LogP contribution in [-0.2, 0) is 0 Å². The molecule has 7 heteroatoms. The van der Waals surface area contributed by atoms with Crippen LogP contribution in [0.4, 0.5) is 9.18 Å². The summed E-state index contributed by atoms with van der Waals surface area (Å²) in [6.07, 6.45) is -0.896. The summed E-state index contributed by atoms with van der Waals surface area (Å²) in [7, 11) is 0. The van der Waals surface area contributed by atoms with Gasteiger partial charge in [-0.2, -0.15) is 0 Å². The largest absolute Gasteiger partial charge is 0.465 e. The molecule has 2 aliphatic heterocycles. The van der Waals surface area contributed by atoms with Crippen LogP contribution in [-0.4, -0.2) is 52.6 Å². The molecule has 2 fully saturated rings. The molecule has 3 rings (SSSR count). The summed E-state index contributed by atoms with van der Waals surface area (Å²) in [5.41, 5.74) is 0.174. The summed E-state index contributed by atoms with van der Waals surface area (Å²) in [6, 6.07) is 4.41. The van der Waals surface area contributed by atoms with Gasteiger partial charge >= 0.3 is 6.09 Å². The Morgan fingerprint density at radius 2 is 1.92 bits per heavy atom. The van der Waals surface area contributed by atoms with Crippen LogP contribution in [0, 0.1) is 26.6 Å². The van der Waals surface area contributed by atoms with Crippen molar-refractivity contribution in [3.05, 3.63) is 33.1 Å². The molecule has 1 N–H and O–H groups in total. The molecule has 136 valence electrons. The number of carboxylic acid groups (broad SMARTS) is 1. The minimum absolute atomic E-state index is 0.117. The Bertz CT molecular complexity index is 719. The predicted octanol–water partition coefficient (Wildman–Crippen LogP) is 3.53. The second kappa shape index (κ2) is 6.41. The van der Waals surface area contributed by atoms with E-state index in [9.17, 15) is 19.1 Å². The van der Waals surface area contributed by atoms with Crippen LogP contribution in [0.15, 0.2) is 18.2 Å². The Hall–Kier alpha value is -1.38. The average molecular weight is 460 g/mol. The number of fused-ring (bicyclic) bond motifs is 1. The smallest absolute Gasteiger partial charge is 0.407 e.